The summed E-state index contributed by atoms with van der Waals surface area (Å²) in [6.07, 6.45) is -6.06. The zero-order chi connectivity index (χ0) is 15.3. The van der Waals surface area contributed by atoms with Crippen molar-refractivity contribution in [3.8, 4) is 0 Å². The monoisotopic (exact) mass is 329 g/mol. The van der Waals surface area contributed by atoms with E-state index in [-0.39, 0.29) is 6.42 Å². The highest BCUT2D eigenvalue weighted by atomic mass is 35.5. The van der Waals surface area contributed by atoms with Crippen LogP contribution in [0, 0.1) is 0 Å². The molecule has 1 rings (SSSR count). The minimum absolute atomic E-state index is 0.0987. The summed E-state index contributed by atoms with van der Waals surface area (Å²) in [4.78, 5) is 22.9. The average Bonchev–Trinajstić information content (AvgIpc) is 2.70. The quantitative estimate of drug-likeness (QED) is 0.843. The summed E-state index contributed by atoms with van der Waals surface area (Å²) in [5.74, 6) is -2.46. The molecule has 4 nitrogen and oxygen atoms in total. The SMILES string of the molecule is O=C(CCc1ccc(Cl)s1)NC(CC(F)(F)F)C(=O)O. The largest absolute Gasteiger partial charge is 0.480 e. The molecule has 0 radical (unpaired) electrons. The number of carbonyl (C=O) groups excluding carboxylic acids is 1. The van der Waals surface area contributed by atoms with E-state index in [0.717, 1.165) is 4.88 Å². The second kappa shape index (κ2) is 6.94. The Morgan fingerprint density at radius 1 is 1.40 bits per heavy atom. The smallest absolute Gasteiger partial charge is 0.391 e. The molecule has 1 unspecified atom stereocenters. The Kier molecular flexibility index (Phi) is 5.82. The third-order valence-corrected chi connectivity index (χ3v) is 3.59. The van der Waals surface area contributed by atoms with E-state index >= 15 is 0 Å². The van der Waals surface area contributed by atoms with Gasteiger partial charge in [-0.15, -0.1) is 11.3 Å². The van der Waals surface area contributed by atoms with Crippen LogP contribution in [0.2, 0.25) is 4.34 Å². The number of nitrogens with one attached hydrogen (secondary N) is 1. The standard InChI is InChI=1S/C11H11ClF3NO3S/c12-8-3-1-6(20-8)2-4-9(17)16-7(10(18)19)5-11(13,14)15/h1,3,7H,2,4-5H2,(H,16,17)(H,18,19). The van der Waals surface area contributed by atoms with Gasteiger partial charge < -0.3 is 10.4 Å². The predicted molar refractivity (Wildman–Crippen MR) is 67.9 cm³/mol. The summed E-state index contributed by atoms with van der Waals surface area (Å²) < 4.78 is 37.0. The molecule has 0 saturated carbocycles. The Bertz CT molecular complexity index is 490. The predicted octanol–water partition coefficient (Wildman–Crippen LogP) is 2.86. The number of thiophene rings is 1. The maximum atomic E-state index is 12.1. The minimum atomic E-state index is -4.66. The number of aliphatic carboxylic acids is 1. The highest BCUT2D eigenvalue weighted by Gasteiger charge is 2.36. The first-order valence-electron chi connectivity index (χ1n) is 5.50. The molecule has 1 aromatic heterocycles. The number of carboxylic acids is 1. The minimum Gasteiger partial charge on any atom is -0.480 e. The number of carboxylic acid groups (broad SMARTS) is 1. The van der Waals surface area contributed by atoms with Crippen LogP contribution in [0.25, 0.3) is 0 Å². The number of aryl methyl sites for hydroxylation is 1. The summed E-state index contributed by atoms with van der Waals surface area (Å²) in [7, 11) is 0. The molecule has 1 amide bonds. The fourth-order valence-electron chi connectivity index (χ4n) is 1.42. The van der Waals surface area contributed by atoms with E-state index in [1.165, 1.54) is 11.3 Å². The number of alkyl halides is 3. The van der Waals surface area contributed by atoms with Crippen molar-refractivity contribution in [2.45, 2.75) is 31.5 Å². The maximum absolute atomic E-state index is 12.1. The highest BCUT2D eigenvalue weighted by molar-refractivity contribution is 7.16. The van der Waals surface area contributed by atoms with E-state index in [9.17, 15) is 22.8 Å². The van der Waals surface area contributed by atoms with Crippen LogP contribution in [-0.4, -0.2) is 29.2 Å². The molecule has 0 aliphatic heterocycles. The van der Waals surface area contributed by atoms with Crippen LogP contribution >= 0.6 is 22.9 Å². The molecule has 0 fully saturated rings. The molecule has 1 heterocycles. The molecular weight excluding hydrogens is 319 g/mol. The lowest BCUT2D eigenvalue weighted by Gasteiger charge is -2.16. The van der Waals surface area contributed by atoms with Gasteiger partial charge in [0, 0.05) is 11.3 Å². The van der Waals surface area contributed by atoms with E-state index in [1.807, 2.05) is 5.32 Å². The van der Waals surface area contributed by atoms with Gasteiger partial charge in [0.1, 0.15) is 6.04 Å². The second-order valence-electron chi connectivity index (χ2n) is 3.98. The molecule has 0 spiro atoms. The molecule has 9 heteroatoms. The Balaban J connectivity index is 2.48. The number of hydrogen-bond donors (Lipinski definition) is 2. The Morgan fingerprint density at radius 2 is 2.05 bits per heavy atom. The molecule has 1 atom stereocenters. The first-order chi connectivity index (χ1) is 9.17. The van der Waals surface area contributed by atoms with Crippen LogP contribution in [0.1, 0.15) is 17.7 Å². The summed E-state index contributed by atoms with van der Waals surface area (Å²) in [6.45, 7) is 0. The van der Waals surface area contributed by atoms with E-state index < -0.39 is 30.5 Å². The zero-order valence-electron chi connectivity index (χ0n) is 10.0. The van der Waals surface area contributed by atoms with Crippen molar-refractivity contribution in [1.29, 1.82) is 0 Å². The molecular formula is C11H11ClF3NO3S. The first-order valence-corrected chi connectivity index (χ1v) is 6.70. The molecule has 0 aromatic carbocycles. The van der Waals surface area contributed by atoms with Crippen molar-refractivity contribution in [2.24, 2.45) is 0 Å². The van der Waals surface area contributed by atoms with Gasteiger partial charge in [0.2, 0.25) is 5.91 Å². The normalized spacial score (nSPS) is 13.0. The Hall–Kier alpha value is -1.28. The number of hydrogen-bond acceptors (Lipinski definition) is 3. The third kappa shape index (κ3) is 6.25. The topological polar surface area (TPSA) is 66.4 Å². The van der Waals surface area contributed by atoms with Crippen molar-refractivity contribution >= 4 is 34.8 Å². The van der Waals surface area contributed by atoms with Crippen LogP contribution in [0.15, 0.2) is 12.1 Å². The van der Waals surface area contributed by atoms with Gasteiger partial charge in [0.05, 0.1) is 10.8 Å². The van der Waals surface area contributed by atoms with Crippen molar-refractivity contribution in [3.63, 3.8) is 0 Å². The molecule has 0 aliphatic rings. The average molecular weight is 330 g/mol. The van der Waals surface area contributed by atoms with Crippen molar-refractivity contribution in [1.82, 2.24) is 5.32 Å². The van der Waals surface area contributed by atoms with Crippen LogP contribution in [0.4, 0.5) is 13.2 Å². The van der Waals surface area contributed by atoms with Gasteiger partial charge in [-0.1, -0.05) is 11.6 Å². The number of rotatable bonds is 6. The van der Waals surface area contributed by atoms with Gasteiger partial charge in [0.25, 0.3) is 0 Å². The fraction of sp³-hybridized carbons (Fsp3) is 0.455. The van der Waals surface area contributed by atoms with E-state index in [1.54, 1.807) is 12.1 Å². The molecule has 112 valence electrons. The first kappa shape index (κ1) is 16.8. The van der Waals surface area contributed by atoms with Crippen LogP contribution in [0.3, 0.4) is 0 Å². The van der Waals surface area contributed by atoms with Gasteiger partial charge in [-0.2, -0.15) is 13.2 Å². The number of carbonyl (C=O) groups is 2. The van der Waals surface area contributed by atoms with Gasteiger partial charge in [-0.05, 0) is 18.6 Å². The summed E-state index contributed by atoms with van der Waals surface area (Å²) in [5, 5.41) is 10.5. The number of halogens is 4. The lowest BCUT2D eigenvalue weighted by atomic mass is 10.2. The second-order valence-corrected chi connectivity index (χ2v) is 5.78. The Morgan fingerprint density at radius 3 is 2.50 bits per heavy atom. The molecule has 0 aliphatic carbocycles. The lowest BCUT2D eigenvalue weighted by Crippen LogP contribution is -2.43. The van der Waals surface area contributed by atoms with E-state index in [4.69, 9.17) is 16.7 Å². The van der Waals surface area contributed by atoms with Crippen LogP contribution in [-0.2, 0) is 16.0 Å². The summed E-state index contributed by atoms with van der Waals surface area (Å²) >= 11 is 6.94. The lowest BCUT2D eigenvalue weighted by molar-refractivity contribution is -0.160. The van der Waals surface area contributed by atoms with E-state index in [0.29, 0.717) is 10.8 Å². The van der Waals surface area contributed by atoms with Gasteiger partial charge in [-0.25, -0.2) is 4.79 Å². The molecule has 0 saturated heterocycles. The molecule has 0 bridgehead atoms. The highest BCUT2D eigenvalue weighted by Crippen LogP contribution is 2.23. The van der Waals surface area contributed by atoms with Crippen molar-refractivity contribution in [2.75, 3.05) is 0 Å². The summed E-state index contributed by atoms with van der Waals surface area (Å²) in [6, 6.07) is 1.38. The fourth-order valence-corrected chi connectivity index (χ4v) is 2.51. The third-order valence-electron chi connectivity index (χ3n) is 2.30. The van der Waals surface area contributed by atoms with Crippen LogP contribution in [0.5, 0.6) is 0 Å². The van der Waals surface area contributed by atoms with Gasteiger partial charge in [-0.3, -0.25) is 4.79 Å². The molecule has 20 heavy (non-hydrogen) atoms. The van der Waals surface area contributed by atoms with Crippen LogP contribution < -0.4 is 5.32 Å². The van der Waals surface area contributed by atoms with Gasteiger partial charge in [0.15, 0.2) is 0 Å². The van der Waals surface area contributed by atoms with Crippen molar-refractivity contribution < 1.29 is 27.9 Å². The Labute approximate surface area is 121 Å². The van der Waals surface area contributed by atoms with E-state index in [2.05, 4.69) is 0 Å². The summed E-state index contributed by atoms with van der Waals surface area (Å²) in [5.41, 5.74) is 0. The number of amides is 1. The van der Waals surface area contributed by atoms with Crippen molar-refractivity contribution in [3.05, 3.63) is 21.3 Å². The molecule has 1 aromatic rings. The molecule has 2 N–H and O–H groups in total. The van der Waals surface area contributed by atoms with Gasteiger partial charge >= 0.3 is 12.1 Å². The maximum Gasteiger partial charge on any atom is 0.391 e. The zero-order valence-corrected chi connectivity index (χ0v) is 11.6.